The van der Waals surface area contributed by atoms with Crippen LogP contribution in [0.3, 0.4) is 0 Å². The van der Waals surface area contributed by atoms with Crippen molar-refractivity contribution in [3.8, 4) is 0 Å². The number of hydrogen-bond donors (Lipinski definition) is 3. The lowest BCUT2D eigenvalue weighted by molar-refractivity contribution is -0.137. The molecule has 0 aliphatic rings. The van der Waals surface area contributed by atoms with Gasteiger partial charge in [0.15, 0.2) is 5.96 Å². The van der Waals surface area contributed by atoms with Crippen molar-refractivity contribution in [1.29, 1.82) is 0 Å². The lowest BCUT2D eigenvalue weighted by atomic mass is 9.92. The number of nitrogens with one attached hydrogen (secondary N) is 3. The maximum absolute atomic E-state index is 12.9. The molecule has 0 bridgehead atoms. The van der Waals surface area contributed by atoms with Crippen molar-refractivity contribution in [3.63, 3.8) is 0 Å². The van der Waals surface area contributed by atoms with Gasteiger partial charge in [-0.15, -0.1) is 0 Å². The maximum atomic E-state index is 12.9. The molecule has 5 nitrogen and oxygen atoms in total. The van der Waals surface area contributed by atoms with Gasteiger partial charge in [0, 0.05) is 13.1 Å². The summed E-state index contributed by atoms with van der Waals surface area (Å²) in [7, 11) is 0. The number of halogens is 3. The molecule has 0 aromatic heterocycles. The Morgan fingerprint density at radius 3 is 2.33 bits per heavy atom. The van der Waals surface area contributed by atoms with Crippen molar-refractivity contribution >= 4 is 11.9 Å². The highest BCUT2D eigenvalue weighted by Gasteiger charge is 2.31. The number of nitrogens with zero attached hydrogens (tertiary/aromatic N) is 1. The van der Waals surface area contributed by atoms with Gasteiger partial charge in [0.25, 0.3) is 0 Å². The molecule has 0 aliphatic heterocycles. The van der Waals surface area contributed by atoms with Crippen LogP contribution in [-0.2, 0) is 11.0 Å². The molecule has 0 saturated heterocycles. The van der Waals surface area contributed by atoms with Gasteiger partial charge in [-0.3, -0.25) is 9.79 Å². The van der Waals surface area contributed by atoms with Gasteiger partial charge in [0.05, 0.1) is 23.6 Å². The van der Waals surface area contributed by atoms with Gasteiger partial charge < -0.3 is 16.0 Å². The van der Waals surface area contributed by atoms with Crippen LogP contribution < -0.4 is 16.0 Å². The Morgan fingerprint density at radius 1 is 1.15 bits per heavy atom. The summed E-state index contributed by atoms with van der Waals surface area (Å²) in [4.78, 5) is 16.5. The second kappa shape index (κ2) is 9.62. The predicted octanol–water partition coefficient (Wildman–Crippen LogP) is 3.48. The Bertz CT molecular complexity index is 657. The van der Waals surface area contributed by atoms with Gasteiger partial charge in [-0.05, 0) is 52.3 Å². The topological polar surface area (TPSA) is 65.5 Å². The molecule has 27 heavy (non-hydrogen) atoms. The van der Waals surface area contributed by atoms with E-state index in [1.165, 1.54) is 6.07 Å². The molecule has 8 heteroatoms. The molecule has 3 N–H and O–H groups in total. The van der Waals surface area contributed by atoms with Crippen LogP contribution in [0.2, 0.25) is 0 Å². The van der Waals surface area contributed by atoms with Crippen molar-refractivity contribution in [1.82, 2.24) is 16.0 Å². The largest absolute Gasteiger partial charge is 0.416 e. The third-order valence-corrected chi connectivity index (χ3v) is 4.00. The molecule has 0 radical (unpaired) electrons. The number of carbonyl (C=O) groups excluding carboxylic acids is 1. The van der Waals surface area contributed by atoms with Crippen molar-refractivity contribution in [2.75, 3.05) is 19.6 Å². The van der Waals surface area contributed by atoms with Crippen LogP contribution in [-0.4, -0.2) is 31.5 Å². The maximum Gasteiger partial charge on any atom is 0.416 e. The van der Waals surface area contributed by atoms with Crippen molar-refractivity contribution in [3.05, 3.63) is 35.4 Å². The lowest BCUT2D eigenvalue weighted by Gasteiger charge is -2.23. The summed E-state index contributed by atoms with van der Waals surface area (Å²) in [5.74, 6) is 0.343. The quantitative estimate of drug-likeness (QED) is 0.497. The first-order chi connectivity index (χ1) is 12.5. The zero-order valence-electron chi connectivity index (χ0n) is 16.5. The Labute approximate surface area is 158 Å². The number of hydrogen-bond acceptors (Lipinski definition) is 2. The molecule has 1 amide bonds. The monoisotopic (exact) mass is 386 g/mol. The third kappa shape index (κ3) is 7.11. The van der Waals surface area contributed by atoms with E-state index in [1.54, 1.807) is 26.8 Å². The molecule has 1 unspecified atom stereocenters. The first-order valence-corrected chi connectivity index (χ1v) is 9.01. The zero-order valence-corrected chi connectivity index (χ0v) is 16.5. The molecule has 1 rings (SSSR count). The number of carbonyl (C=O) groups is 1. The lowest BCUT2D eigenvalue weighted by Crippen LogP contribution is -2.42. The average Bonchev–Trinajstić information content (AvgIpc) is 2.59. The molecule has 0 fully saturated rings. The SMILES string of the molecule is CCNC(=O)C(C)(C)CN=C(NCC)NC(C)c1cccc(C(F)(F)F)c1. The minimum absolute atomic E-state index is 0.101. The summed E-state index contributed by atoms with van der Waals surface area (Å²) in [5.41, 5.74) is -0.885. The van der Waals surface area contributed by atoms with E-state index in [9.17, 15) is 18.0 Å². The molecule has 1 aromatic rings. The highest BCUT2D eigenvalue weighted by Crippen LogP contribution is 2.30. The smallest absolute Gasteiger partial charge is 0.357 e. The van der Waals surface area contributed by atoms with Crippen LogP contribution in [0.1, 0.15) is 51.8 Å². The van der Waals surface area contributed by atoms with Crippen molar-refractivity contribution in [2.24, 2.45) is 10.4 Å². The molecular formula is C19H29F3N4O. The molecule has 0 saturated carbocycles. The Hall–Kier alpha value is -2.25. The summed E-state index contributed by atoms with van der Waals surface area (Å²) in [6.45, 7) is 10.4. The molecule has 0 spiro atoms. The fraction of sp³-hybridized carbons (Fsp3) is 0.579. The number of alkyl halides is 3. The van der Waals surface area contributed by atoms with E-state index < -0.39 is 23.2 Å². The van der Waals surface area contributed by atoms with Gasteiger partial charge in [0.1, 0.15) is 0 Å². The van der Waals surface area contributed by atoms with Gasteiger partial charge in [0.2, 0.25) is 5.91 Å². The Kier molecular flexibility index (Phi) is 8.12. The number of guanidine groups is 1. The summed E-state index contributed by atoms with van der Waals surface area (Å²) in [6.07, 6.45) is -4.38. The van der Waals surface area contributed by atoms with Crippen LogP contribution in [0.25, 0.3) is 0 Å². The molecule has 152 valence electrons. The standard InChI is InChI=1S/C19H29F3N4O/c1-6-23-16(27)18(4,5)12-25-17(24-7-2)26-13(3)14-9-8-10-15(11-14)19(20,21)22/h8-11,13H,6-7,12H2,1-5H3,(H,23,27)(H2,24,25,26). The zero-order chi connectivity index (χ0) is 20.7. The van der Waals surface area contributed by atoms with E-state index in [4.69, 9.17) is 0 Å². The summed E-state index contributed by atoms with van der Waals surface area (Å²) < 4.78 is 38.7. The van der Waals surface area contributed by atoms with Crippen LogP contribution >= 0.6 is 0 Å². The number of benzene rings is 1. The van der Waals surface area contributed by atoms with E-state index in [1.807, 2.05) is 13.8 Å². The van der Waals surface area contributed by atoms with Crippen LogP contribution in [0, 0.1) is 5.41 Å². The van der Waals surface area contributed by atoms with Crippen LogP contribution in [0.5, 0.6) is 0 Å². The predicted molar refractivity (Wildman–Crippen MR) is 101 cm³/mol. The highest BCUT2D eigenvalue weighted by atomic mass is 19.4. The third-order valence-electron chi connectivity index (χ3n) is 4.00. The Morgan fingerprint density at radius 2 is 1.78 bits per heavy atom. The minimum atomic E-state index is -4.38. The van der Waals surface area contributed by atoms with Crippen LogP contribution in [0.4, 0.5) is 13.2 Å². The number of aliphatic imine (C=N–C) groups is 1. The second-order valence-electron chi connectivity index (χ2n) is 6.93. The average molecular weight is 386 g/mol. The summed E-state index contributed by atoms with van der Waals surface area (Å²) in [6, 6.07) is 4.80. The first kappa shape index (κ1) is 22.8. The fourth-order valence-corrected chi connectivity index (χ4v) is 2.34. The van der Waals surface area contributed by atoms with Crippen molar-refractivity contribution < 1.29 is 18.0 Å². The molecular weight excluding hydrogens is 357 g/mol. The van der Waals surface area contributed by atoms with Crippen molar-refractivity contribution in [2.45, 2.75) is 46.8 Å². The molecule has 1 atom stereocenters. The molecule has 0 heterocycles. The number of rotatable bonds is 7. The fourth-order valence-electron chi connectivity index (χ4n) is 2.34. The molecule has 0 aliphatic carbocycles. The van der Waals surface area contributed by atoms with E-state index in [0.717, 1.165) is 12.1 Å². The normalized spacial score (nSPS) is 13.9. The Balaban J connectivity index is 2.91. The van der Waals surface area contributed by atoms with Crippen LogP contribution in [0.15, 0.2) is 29.3 Å². The first-order valence-electron chi connectivity index (χ1n) is 9.01. The van der Waals surface area contributed by atoms with Gasteiger partial charge in [-0.25, -0.2) is 0 Å². The van der Waals surface area contributed by atoms with E-state index in [0.29, 0.717) is 24.6 Å². The van der Waals surface area contributed by atoms with E-state index in [-0.39, 0.29) is 12.5 Å². The van der Waals surface area contributed by atoms with E-state index >= 15 is 0 Å². The van der Waals surface area contributed by atoms with Gasteiger partial charge in [-0.1, -0.05) is 12.1 Å². The van der Waals surface area contributed by atoms with Gasteiger partial charge >= 0.3 is 6.18 Å². The highest BCUT2D eigenvalue weighted by molar-refractivity contribution is 5.83. The number of amides is 1. The second-order valence-corrected chi connectivity index (χ2v) is 6.93. The minimum Gasteiger partial charge on any atom is -0.357 e. The van der Waals surface area contributed by atoms with E-state index in [2.05, 4.69) is 20.9 Å². The summed E-state index contributed by atoms with van der Waals surface area (Å²) >= 11 is 0. The summed E-state index contributed by atoms with van der Waals surface area (Å²) in [5, 5.41) is 8.93. The van der Waals surface area contributed by atoms with Gasteiger partial charge in [-0.2, -0.15) is 13.2 Å². The molecule has 1 aromatic carbocycles.